The molecule has 5 saturated carbocycles. The van der Waals surface area contributed by atoms with Gasteiger partial charge in [-0.15, -0.1) is 11.6 Å². The predicted molar refractivity (Wildman–Crippen MR) is 164 cm³/mol. The van der Waals surface area contributed by atoms with Gasteiger partial charge in [-0.25, -0.2) is 0 Å². The van der Waals surface area contributed by atoms with Crippen molar-refractivity contribution < 1.29 is 9.94 Å². The zero-order valence-corrected chi connectivity index (χ0v) is 25.8. The lowest BCUT2D eigenvalue weighted by Crippen LogP contribution is -2.50. The number of aliphatic hydroxyl groups excluding tert-OH is 1. The lowest BCUT2D eigenvalue weighted by Gasteiger charge is -2.45. The molecule has 5 aliphatic carbocycles. The standard InChI is InChI=1S/C34H56ClN3O2/c1-24-14-16-25(17-15-24)8-2-3-9-26-18-20-29(21-19-26)36-37-33-30-11-5-4-10-27(30)22-28(34(33)39)23-40-38-32-13-7-6-12-31(32)35/h2-3,8-9,24-34,38-39H,4-7,10-23H2,1H3/b8-2+,9-3+,37-36?. The molecule has 0 bridgehead atoms. The molecular weight excluding hydrogens is 518 g/mol. The van der Waals surface area contributed by atoms with Crippen LogP contribution in [0.2, 0.25) is 0 Å². The number of azo groups is 1. The third kappa shape index (κ3) is 8.64. The molecule has 0 spiro atoms. The molecule has 0 saturated heterocycles. The first-order valence-corrected chi connectivity index (χ1v) is 17.4. The van der Waals surface area contributed by atoms with Crippen molar-refractivity contribution in [1.29, 1.82) is 0 Å². The van der Waals surface area contributed by atoms with Crippen LogP contribution in [-0.2, 0) is 4.84 Å². The van der Waals surface area contributed by atoms with E-state index in [2.05, 4.69) is 36.7 Å². The maximum Gasteiger partial charge on any atom is 0.100 e. The quantitative estimate of drug-likeness (QED) is 0.126. The molecule has 5 aliphatic rings. The number of fused-ring (bicyclic) bond motifs is 1. The van der Waals surface area contributed by atoms with E-state index in [0.29, 0.717) is 30.4 Å². The van der Waals surface area contributed by atoms with E-state index >= 15 is 0 Å². The van der Waals surface area contributed by atoms with Gasteiger partial charge in [0.25, 0.3) is 0 Å². The number of halogens is 1. The lowest BCUT2D eigenvalue weighted by molar-refractivity contribution is -0.0834. The van der Waals surface area contributed by atoms with E-state index in [-0.39, 0.29) is 23.4 Å². The van der Waals surface area contributed by atoms with E-state index in [0.717, 1.165) is 43.9 Å². The highest BCUT2D eigenvalue weighted by Crippen LogP contribution is 2.45. The van der Waals surface area contributed by atoms with Gasteiger partial charge in [0, 0.05) is 12.0 Å². The third-order valence-electron chi connectivity index (χ3n) is 11.1. The van der Waals surface area contributed by atoms with Crippen LogP contribution in [-0.4, -0.2) is 41.3 Å². The summed E-state index contributed by atoms with van der Waals surface area (Å²) in [5, 5.41) is 21.4. The molecule has 2 N–H and O–H groups in total. The van der Waals surface area contributed by atoms with Crippen LogP contribution in [0.1, 0.15) is 116 Å². The summed E-state index contributed by atoms with van der Waals surface area (Å²) < 4.78 is 0. The Kier molecular flexibility index (Phi) is 12.0. The minimum absolute atomic E-state index is 0.0753. The number of alkyl halides is 1. The Morgan fingerprint density at radius 1 is 0.800 bits per heavy atom. The molecule has 40 heavy (non-hydrogen) atoms. The Bertz CT molecular complexity index is 833. The number of allylic oxidation sites excluding steroid dienone is 4. The highest BCUT2D eigenvalue weighted by Gasteiger charge is 2.45. The van der Waals surface area contributed by atoms with Crippen LogP contribution in [0, 0.1) is 35.5 Å². The topological polar surface area (TPSA) is 66.2 Å². The van der Waals surface area contributed by atoms with E-state index < -0.39 is 6.10 Å². The van der Waals surface area contributed by atoms with Crippen molar-refractivity contribution in [1.82, 2.24) is 5.48 Å². The van der Waals surface area contributed by atoms with Crippen molar-refractivity contribution in [2.45, 2.75) is 146 Å². The van der Waals surface area contributed by atoms with Crippen molar-refractivity contribution in [2.75, 3.05) is 6.61 Å². The molecule has 0 aliphatic heterocycles. The zero-order valence-electron chi connectivity index (χ0n) is 25.0. The van der Waals surface area contributed by atoms with Gasteiger partial charge >= 0.3 is 0 Å². The maximum atomic E-state index is 11.5. The number of aliphatic hydroxyl groups is 1. The van der Waals surface area contributed by atoms with Crippen molar-refractivity contribution >= 4 is 11.6 Å². The minimum Gasteiger partial charge on any atom is -0.390 e. The summed E-state index contributed by atoms with van der Waals surface area (Å²) in [7, 11) is 0. The summed E-state index contributed by atoms with van der Waals surface area (Å²) in [5.74, 6) is 3.58. The first-order valence-electron chi connectivity index (χ1n) is 17.0. The second-order valence-electron chi connectivity index (χ2n) is 14.1. The fourth-order valence-electron chi connectivity index (χ4n) is 8.34. The summed E-state index contributed by atoms with van der Waals surface area (Å²) in [6.07, 6.45) is 29.7. The van der Waals surface area contributed by atoms with Gasteiger partial charge in [-0.3, -0.25) is 0 Å². The van der Waals surface area contributed by atoms with Crippen LogP contribution in [0.15, 0.2) is 34.5 Å². The number of rotatable bonds is 9. The molecule has 0 radical (unpaired) electrons. The average Bonchev–Trinajstić information content (AvgIpc) is 2.98. The van der Waals surface area contributed by atoms with Gasteiger partial charge in [-0.05, 0) is 93.8 Å². The molecule has 5 rings (SSSR count). The molecule has 0 amide bonds. The Morgan fingerprint density at radius 2 is 1.45 bits per heavy atom. The molecule has 0 aromatic carbocycles. The van der Waals surface area contributed by atoms with Gasteiger partial charge in [0.15, 0.2) is 0 Å². The summed E-state index contributed by atoms with van der Waals surface area (Å²) in [4.78, 5) is 5.99. The average molecular weight is 574 g/mol. The zero-order chi connectivity index (χ0) is 27.7. The van der Waals surface area contributed by atoms with Crippen molar-refractivity contribution in [3.8, 4) is 0 Å². The predicted octanol–water partition coefficient (Wildman–Crippen LogP) is 8.56. The van der Waals surface area contributed by atoms with Crippen molar-refractivity contribution in [2.24, 2.45) is 45.7 Å². The fraction of sp³-hybridized carbons (Fsp3) is 0.882. The monoisotopic (exact) mass is 573 g/mol. The van der Waals surface area contributed by atoms with Crippen LogP contribution in [0.25, 0.3) is 0 Å². The molecule has 226 valence electrons. The van der Waals surface area contributed by atoms with E-state index in [4.69, 9.17) is 26.7 Å². The number of hydrogen-bond donors (Lipinski definition) is 2. The molecule has 0 aromatic rings. The van der Waals surface area contributed by atoms with E-state index in [1.807, 2.05) is 0 Å². The van der Waals surface area contributed by atoms with Gasteiger partial charge in [0.1, 0.15) is 6.04 Å². The first-order chi connectivity index (χ1) is 19.6. The number of hydroxylamine groups is 1. The summed E-state index contributed by atoms with van der Waals surface area (Å²) in [5.41, 5.74) is 3.24. The first kappa shape index (κ1) is 30.7. The number of nitrogens with one attached hydrogen (secondary N) is 1. The molecular formula is C34H56ClN3O2. The second kappa shape index (κ2) is 15.6. The Hall–Kier alpha value is -0.750. The molecule has 5 fully saturated rings. The summed E-state index contributed by atoms with van der Waals surface area (Å²) >= 11 is 6.51. The van der Waals surface area contributed by atoms with Crippen LogP contribution >= 0.6 is 11.6 Å². The van der Waals surface area contributed by atoms with E-state index in [9.17, 15) is 5.11 Å². The lowest BCUT2D eigenvalue weighted by atomic mass is 9.64. The summed E-state index contributed by atoms with van der Waals surface area (Å²) in [6, 6.07) is 0.452. The van der Waals surface area contributed by atoms with Gasteiger partial charge in [0.05, 0.1) is 24.1 Å². The highest BCUT2D eigenvalue weighted by atomic mass is 35.5. The van der Waals surface area contributed by atoms with Crippen LogP contribution in [0.4, 0.5) is 0 Å². The molecule has 7 atom stereocenters. The van der Waals surface area contributed by atoms with Crippen LogP contribution in [0.5, 0.6) is 0 Å². The molecule has 5 nitrogen and oxygen atoms in total. The third-order valence-corrected chi connectivity index (χ3v) is 11.6. The fourth-order valence-corrected chi connectivity index (χ4v) is 8.67. The normalized spacial score (nSPS) is 43.4. The van der Waals surface area contributed by atoms with E-state index in [1.54, 1.807) is 0 Å². The highest BCUT2D eigenvalue weighted by molar-refractivity contribution is 6.21. The Labute approximate surface area is 249 Å². The summed E-state index contributed by atoms with van der Waals surface area (Å²) in [6.45, 7) is 2.92. The SMILES string of the molecule is CC1CCC(/C=C/C=C/C2CCC(N=NC3C(O)C(CONC4CCCCC4Cl)CC4CCCCC43)CC2)CC1. The van der Waals surface area contributed by atoms with Crippen molar-refractivity contribution in [3.63, 3.8) is 0 Å². The largest absolute Gasteiger partial charge is 0.390 e. The van der Waals surface area contributed by atoms with Crippen molar-refractivity contribution in [3.05, 3.63) is 24.3 Å². The Morgan fingerprint density at radius 3 is 2.17 bits per heavy atom. The van der Waals surface area contributed by atoms with Gasteiger partial charge in [0.2, 0.25) is 0 Å². The molecule has 7 unspecified atom stereocenters. The van der Waals surface area contributed by atoms with Crippen LogP contribution < -0.4 is 5.48 Å². The minimum atomic E-state index is -0.471. The number of hydrogen-bond acceptors (Lipinski definition) is 5. The van der Waals surface area contributed by atoms with Gasteiger partial charge < -0.3 is 9.94 Å². The molecule has 0 aromatic heterocycles. The number of nitrogens with zero attached hydrogens (tertiary/aromatic N) is 2. The second-order valence-corrected chi connectivity index (χ2v) is 14.7. The molecule has 0 heterocycles. The maximum absolute atomic E-state index is 11.5. The Balaban J connectivity index is 1.08. The van der Waals surface area contributed by atoms with Gasteiger partial charge in [-0.2, -0.15) is 15.7 Å². The van der Waals surface area contributed by atoms with Crippen LogP contribution in [0.3, 0.4) is 0 Å². The molecule has 6 heteroatoms. The van der Waals surface area contributed by atoms with Gasteiger partial charge in [-0.1, -0.05) is 76.2 Å². The van der Waals surface area contributed by atoms with E-state index in [1.165, 1.54) is 77.0 Å². The smallest absolute Gasteiger partial charge is 0.100 e.